The van der Waals surface area contributed by atoms with Crippen molar-refractivity contribution >= 4 is 34.2 Å². The highest BCUT2D eigenvalue weighted by Crippen LogP contribution is 2.26. The van der Waals surface area contributed by atoms with Gasteiger partial charge in [0.15, 0.2) is 0 Å². The molecule has 0 saturated carbocycles. The highest BCUT2D eigenvalue weighted by atomic mass is 127. The Morgan fingerprint density at radius 3 is 2.63 bits per heavy atom. The Morgan fingerprint density at radius 1 is 1.42 bits per heavy atom. The minimum absolute atomic E-state index is 0.165. The summed E-state index contributed by atoms with van der Waals surface area (Å²) in [6.07, 6.45) is -0.564. The van der Waals surface area contributed by atoms with Gasteiger partial charge in [-0.15, -0.1) is 0 Å². The van der Waals surface area contributed by atoms with Crippen molar-refractivity contribution in [2.45, 2.75) is 20.1 Å². The third-order valence-corrected chi connectivity index (χ3v) is 4.10. The molecule has 0 radical (unpaired) electrons. The summed E-state index contributed by atoms with van der Waals surface area (Å²) in [5, 5.41) is 4.19. The molecule has 0 aliphatic carbocycles. The molecule has 1 amide bonds. The van der Waals surface area contributed by atoms with Crippen LogP contribution in [-0.2, 0) is 4.79 Å². The molecule has 0 saturated heterocycles. The number of carbonyl (C=O) groups is 1. The Balaban J connectivity index is 2.42. The van der Waals surface area contributed by atoms with E-state index in [2.05, 4.69) is 32.9 Å². The second-order valence-electron chi connectivity index (χ2n) is 4.22. The highest BCUT2D eigenvalue weighted by molar-refractivity contribution is 14.1. The topological polar surface area (TPSA) is 70.7 Å². The van der Waals surface area contributed by atoms with Crippen molar-refractivity contribution < 1.29 is 4.79 Å². The number of hydrogen-bond donors (Lipinski definition) is 2. The molecule has 1 aliphatic rings. The molecule has 1 atom stereocenters. The van der Waals surface area contributed by atoms with E-state index < -0.39 is 6.29 Å². The molecule has 1 aliphatic heterocycles. The van der Waals surface area contributed by atoms with Gasteiger partial charge < -0.3 is 5.32 Å². The largest absolute Gasteiger partial charge is 0.316 e. The van der Waals surface area contributed by atoms with Crippen LogP contribution in [-0.4, -0.2) is 22.9 Å². The SMILES string of the molecule is CC(=O)NC1N=C(c2ccccc2)C(I)=C(C)N1N. The number of nitrogens with one attached hydrogen (secondary N) is 1. The van der Waals surface area contributed by atoms with Crippen molar-refractivity contribution in [2.24, 2.45) is 10.8 Å². The summed E-state index contributed by atoms with van der Waals surface area (Å²) >= 11 is 2.22. The van der Waals surface area contributed by atoms with Crippen molar-refractivity contribution in [3.8, 4) is 0 Å². The Hall–Kier alpha value is -1.41. The second kappa shape index (κ2) is 5.70. The first-order valence-electron chi connectivity index (χ1n) is 5.81. The second-order valence-corrected chi connectivity index (χ2v) is 5.30. The molecule has 6 heteroatoms. The molecule has 1 heterocycles. The molecule has 0 bridgehead atoms. The Labute approximate surface area is 125 Å². The summed E-state index contributed by atoms with van der Waals surface area (Å²) in [4.78, 5) is 15.7. The van der Waals surface area contributed by atoms with Crippen molar-refractivity contribution in [3.63, 3.8) is 0 Å². The van der Waals surface area contributed by atoms with Crippen LogP contribution in [0.2, 0.25) is 0 Å². The Morgan fingerprint density at radius 2 is 2.05 bits per heavy atom. The van der Waals surface area contributed by atoms with Gasteiger partial charge >= 0.3 is 0 Å². The van der Waals surface area contributed by atoms with Gasteiger partial charge in [-0.3, -0.25) is 9.80 Å². The van der Waals surface area contributed by atoms with Crippen LogP contribution < -0.4 is 11.2 Å². The third-order valence-electron chi connectivity index (χ3n) is 2.81. The van der Waals surface area contributed by atoms with Crippen LogP contribution in [0.4, 0.5) is 0 Å². The quantitative estimate of drug-likeness (QED) is 0.616. The highest BCUT2D eigenvalue weighted by Gasteiger charge is 2.26. The van der Waals surface area contributed by atoms with Gasteiger partial charge in [0.2, 0.25) is 12.2 Å². The van der Waals surface area contributed by atoms with Crippen LogP contribution in [0, 0.1) is 0 Å². The summed E-state index contributed by atoms with van der Waals surface area (Å²) in [6.45, 7) is 3.36. The fraction of sp³-hybridized carbons (Fsp3) is 0.231. The maximum absolute atomic E-state index is 11.2. The summed E-state index contributed by atoms with van der Waals surface area (Å²) < 4.78 is 0.980. The van der Waals surface area contributed by atoms with Crippen LogP contribution in [0.15, 0.2) is 44.6 Å². The van der Waals surface area contributed by atoms with E-state index in [1.807, 2.05) is 37.3 Å². The van der Waals surface area contributed by atoms with Gasteiger partial charge in [0.1, 0.15) is 0 Å². The number of aliphatic imine (C=N–C) groups is 1. The number of carbonyl (C=O) groups excluding carboxylic acids is 1. The molecule has 1 aromatic carbocycles. The third kappa shape index (κ3) is 2.95. The van der Waals surface area contributed by atoms with E-state index in [0.29, 0.717) is 0 Å². The van der Waals surface area contributed by atoms with Gasteiger partial charge in [-0.25, -0.2) is 10.8 Å². The molecule has 5 nitrogen and oxygen atoms in total. The lowest BCUT2D eigenvalue weighted by Crippen LogP contribution is -2.51. The summed E-state index contributed by atoms with van der Waals surface area (Å²) in [5.41, 5.74) is 2.74. The van der Waals surface area contributed by atoms with Crippen LogP contribution in [0.25, 0.3) is 0 Å². The van der Waals surface area contributed by atoms with Crippen LogP contribution >= 0.6 is 22.6 Å². The molecule has 3 N–H and O–H groups in total. The predicted molar refractivity (Wildman–Crippen MR) is 83.3 cm³/mol. The standard InChI is InChI=1S/C13H15IN4O/c1-8-11(14)12(10-6-4-3-5-7-10)17-13(18(8)15)16-9(2)19/h3-7,13H,15H2,1-2H3,(H,16,19). The number of allylic oxidation sites excluding steroid dienone is 2. The zero-order valence-corrected chi connectivity index (χ0v) is 12.9. The molecule has 100 valence electrons. The summed E-state index contributed by atoms with van der Waals surface area (Å²) in [7, 11) is 0. The maximum atomic E-state index is 11.2. The number of hydrazine groups is 1. The van der Waals surface area contributed by atoms with E-state index in [1.54, 1.807) is 0 Å². The molecule has 1 unspecified atom stereocenters. The van der Waals surface area contributed by atoms with Gasteiger partial charge in [-0.2, -0.15) is 0 Å². The lowest BCUT2D eigenvalue weighted by Gasteiger charge is -2.32. The molecule has 0 spiro atoms. The van der Waals surface area contributed by atoms with E-state index in [-0.39, 0.29) is 5.91 Å². The van der Waals surface area contributed by atoms with E-state index in [1.165, 1.54) is 11.9 Å². The van der Waals surface area contributed by atoms with Crippen molar-refractivity contribution in [1.29, 1.82) is 0 Å². The molecule has 0 fully saturated rings. The number of nitrogens with two attached hydrogens (primary N) is 1. The van der Waals surface area contributed by atoms with Crippen molar-refractivity contribution in [3.05, 3.63) is 45.2 Å². The van der Waals surface area contributed by atoms with Gasteiger partial charge in [-0.05, 0) is 29.5 Å². The lowest BCUT2D eigenvalue weighted by molar-refractivity contribution is -0.120. The Bertz CT molecular complexity index is 553. The van der Waals surface area contributed by atoms with E-state index in [4.69, 9.17) is 5.84 Å². The lowest BCUT2D eigenvalue weighted by atomic mass is 10.1. The summed E-state index contributed by atoms with van der Waals surface area (Å²) in [5.74, 6) is 5.78. The van der Waals surface area contributed by atoms with Crippen molar-refractivity contribution in [2.75, 3.05) is 0 Å². The molecular weight excluding hydrogens is 355 g/mol. The molecule has 19 heavy (non-hydrogen) atoms. The number of nitrogens with zero attached hydrogens (tertiary/aromatic N) is 2. The zero-order valence-electron chi connectivity index (χ0n) is 10.7. The van der Waals surface area contributed by atoms with E-state index >= 15 is 0 Å². The average molecular weight is 370 g/mol. The first kappa shape index (κ1) is 14.0. The minimum atomic E-state index is -0.564. The average Bonchev–Trinajstić information content (AvgIpc) is 2.40. The number of benzene rings is 1. The first-order chi connectivity index (χ1) is 9.00. The monoisotopic (exact) mass is 370 g/mol. The van der Waals surface area contributed by atoms with Gasteiger partial charge in [0.05, 0.1) is 9.29 Å². The number of rotatable bonds is 2. The van der Waals surface area contributed by atoms with Crippen molar-refractivity contribution in [1.82, 2.24) is 10.3 Å². The van der Waals surface area contributed by atoms with Crippen LogP contribution in [0.3, 0.4) is 0 Å². The fourth-order valence-corrected chi connectivity index (χ4v) is 2.52. The zero-order chi connectivity index (χ0) is 14.0. The smallest absolute Gasteiger partial charge is 0.219 e. The van der Waals surface area contributed by atoms with Gasteiger partial charge in [0.25, 0.3) is 0 Å². The molecule has 0 aromatic heterocycles. The fourth-order valence-electron chi connectivity index (χ4n) is 1.79. The first-order valence-corrected chi connectivity index (χ1v) is 6.89. The van der Waals surface area contributed by atoms with E-state index in [0.717, 1.165) is 20.6 Å². The maximum Gasteiger partial charge on any atom is 0.219 e. The number of amides is 1. The normalized spacial score (nSPS) is 19.3. The number of hydrogen-bond acceptors (Lipinski definition) is 4. The Kier molecular flexibility index (Phi) is 4.20. The van der Waals surface area contributed by atoms with Crippen LogP contribution in [0.1, 0.15) is 19.4 Å². The molecular formula is C13H15IN4O. The van der Waals surface area contributed by atoms with Gasteiger partial charge in [0, 0.05) is 18.2 Å². The van der Waals surface area contributed by atoms with Gasteiger partial charge in [-0.1, -0.05) is 30.3 Å². The van der Waals surface area contributed by atoms with E-state index in [9.17, 15) is 4.79 Å². The predicted octanol–water partition coefficient (Wildman–Crippen LogP) is 1.75. The molecule has 1 aromatic rings. The number of halogens is 1. The van der Waals surface area contributed by atoms with Crippen LogP contribution in [0.5, 0.6) is 0 Å². The molecule has 2 rings (SSSR count). The summed E-state index contributed by atoms with van der Waals surface area (Å²) in [6, 6.07) is 9.85. The minimum Gasteiger partial charge on any atom is -0.316 e.